The van der Waals surface area contributed by atoms with Crippen LogP contribution in [0.4, 0.5) is 5.13 Å². The fourth-order valence-corrected chi connectivity index (χ4v) is 3.26. The van der Waals surface area contributed by atoms with Crippen LogP contribution in [-0.2, 0) is 6.54 Å². The molecule has 23 heavy (non-hydrogen) atoms. The van der Waals surface area contributed by atoms with Gasteiger partial charge < -0.3 is 4.90 Å². The summed E-state index contributed by atoms with van der Waals surface area (Å²) in [6, 6.07) is 7.23. The smallest absolute Gasteiger partial charge is 0.275 e. The van der Waals surface area contributed by atoms with Crippen LogP contribution < -0.4 is 10.5 Å². The highest BCUT2D eigenvalue weighted by molar-refractivity contribution is 7.20. The maximum absolute atomic E-state index is 11.9. The van der Waals surface area contributed by atoms with Gasteiger partial charge in [0.2, 0.25) is 10.1 Å². The van der Waals surface area contributed by atoms with Crippen LogP contribution in [0.25, 0.3) is 10.6 Å². The summed E-state index contributed by atoms with van der Waals surface area (Å²) >= 11 is 1.37. The van der Waals surface area contributed by atoms with Crippen LogP contribution in [0.1, 0.15) is 11.5 Å². The number of aryl methyl sites for hydroxylation is 1. The normalized spacial score (nSPS) is 11.4. The van der Waals surface area contributed by atoms with E-state index in [1.54, 1.807) is 6.92 Å². The van der Waals surface area contributed by atoms with E-state index < -0.39 is 0 Å². The molecule has 0 saturated heterocycles. The number of aromatic nitrogens is 6. The lowest BCUT2D eigenvalue weighted by Crippen LogP contribution is -2.19. The molecule has 9 heteroatoms. The zero-order valence-corrected chi connectivity index (χ0v) is 13.4. The number of hydrogen-bond acceptors (Lipinski definition) is 7. The zero-order valence-electron chi connectivity index (χ0n) is 12.5. The van der Waals surface area contributed by atoms with Crippen molar-refractivity contribution in [1.29, 1.82) is 0 Å². The zero-order chi connectivity index (χ0) is 16.0. The predicted molar refractivity (Wildman–Crippen MR) is 87.0 cm³/mol. The molecule has 8 nitrogen and oxygen atoms in total. The van der Waals surface area contributed by atoms with Gasteiger partial charge in [-0.05, 0) is 19.1 Å². The minimum atomic E-state index is -0.170. The monoisotopic (exact) mass is 327 g/mol. The van der Waals surface area contributed by atoms with Gasteiger partial charge in [0.05, 0.1) is 6.54 Å². The lowest BCUT2D eigenvalue weighted by Gasteiger charge is -2.13. The lowest BCUT2D eigenvalue weighted by atomic mass is 10.4. The highest BCUT2D eigenvalue weighted by Crippen LogP contribution is 2.21. The molecule has 4 rings (SSSR count). The van der Waals surface area contributed by atoms with Gasteiger partial charge in [-0.2, -0.15) is 4.52 Å². The van der Waals surface area contributed by atoms with Gasteiger partial charge >= 0.3 is 0 Å². The van der Waals surface area contributed by atoms with Gasteiger partial charge in [-0.15, -0.1) is 15.3 Å². The second-order valence-corrected chi connectivity index (χ2v) is 6.15. The first kappa shape index (κ1) is 13.8. The minimum Gasteiger partial charge on any atom is -0.342 e. The molecule has 4 aromatic heterocycles. The number of fused-ring (bicyclic) bond motifs is 2. The summed E-state index contributed by atoms with van der Waals surface area (Å²) in [4.78, 5) is 18.8. The molecule has 0 aliphatic carbocycles. The SMILES string of the molecule is Cc1cc(=O)n2nc(N(C)Cc3nnc4ccccn34)sc2n1. The molecule has 4 heterocycles. The molecule has 0 spiro atoms. The maximum atomic E-state index is 11.9. The van der Waals surface area contributed by atoms with E-state index in [4.69, 9.17) is 0 Å². The Kier molecular flexibility index (Phi) is 3.08. The second kappa shape index (κ2) is 5.13. The van der Waals surface area contributed by atoms with Crippen LogP contribution in [0.15, 0.2) is 35.3 Å². The van der Waals surface area contributed by atoms with Crippen molar-refractivity contribution >= 4 is 27.1 Å². The van der Waals surface area contributed by atoms with Crippen molar-refractivity contribution in [1.82, 2.24) is 29.2 Å². The van der Waals surface area contributed by atoms with Crippen molar-refractivity contribution in [2.45, 2.75) is 13.5 Å². The first-order valence-electron chi connectivity index (χ1n) is 6.99. The van der Waals surface area contributed by atoms with Crippen LogP contribution in [-0.4, -0.2) is 36.2 Å². The average molecular weight is 327 g/mol. The minimum absolute atomic E-state index is 0.170. The molecule has 116 valence electrons. The lowest BCUT2D eigenvalue weighted by molar-refractivity contribution is 0.795. The Bertz CT molecular complexity index is 1060. The van der Waals surface area contributed by atoms with E-state index in [2.05, 4.69) is 20.3 Å². The molecule has 0 N–H and O–H groups in total. The first-order valence-corrected chi connectivity index (χ1v) is 7.81. The van der Waals surface area contributed by atoms with E-state index in [1.165, 1.54) is 21.9 Å². The topological polar surface area (TPSA) is 80.7 Å². The maximum Gasteiger partial charge on any atom is 0.275 e. The van der Waals surface area contributed by atoms with E-state index in [9.17, 15) is 4.79 Å². The Morgan fingerprint density at radius 1 is 1.30 bits per heavy atom. The van der Waals surface area contributed by atoms with Crippen LogP contribution in [0.5, 0.6) is 0 Å². The van der Waals surface area contributed by atoms with Gasteiger partial charge in [0, 0.05) is 25.0 Å². The molecule has 0 saturated carbocycles. The van der Waals surface area contributed by atoms with Crippen molar-refractivity contribution in [3.05, 3.63) is 52.3 Å². The van der Waals surface area contributed by atoms with E-state index >= 15 is 0 Å². The highest BCUT2D eigenvalue weighted by atomic mass is 32.1. The number of rotatable bonds is 3. The number of hydrogen-bond donors (Lipinski definition) is 0. The third-order valence-corrected chi connectivity index (χ3v) is 4.47. The van der Waals surface area contributed by atoms with E-state index in [1.807, 2.05) is 40.7 Å². The summed E-state index contributed by atoms with van der Waals surface area (Å²) in [7, 11) is 1.90. The fourth-order valence-electron chi connectivity index (χ4n) is 2.34. The third kappa shape index (κ3) is 2.34. The van der Waals surface area contributed by atoms with Gasteiger partial charge in [-0.1, -0.05) is 17.4 Å². The van der Waals surface area contributed by atoms with Crippen molar-refractivity contribution in [2.75, 3.05) is 11.9 Å². The van der Waals surface area contributed by atoms with E-state index in [0.717, 1.165) is 11.5 Å². The Balaban J connectivity index is 1.70. The quantitative estimate of drug-likeness (QED) is 0.561. The Morgan fingerprint density at radius 2 is 2.17 bits per heavy atom. The van der Waals surface area contributed by atoms with Crippen molar-refractivity contribution < 1.29 is 0 Å². The van der Waals surface area contributed by atoms with Crippen molar-refractivity contribution in [3.63, 3.8) is 0 Å². The molecule has 0 amide bonds. The Morgan fingerprint density at radius 3 is 3.04 bits per heavy atom. The van der Waals surface area contributed by atoms with Gasteiger partial charge in [0.25, 0.3) is 5.56 Å². The summed E-state index contributed by atoms with van der Waals surface area (Å²) < 4.78 is 3.25. The Labute approximate surface area is 134 Å². The number of nitrogens with zero attached hydrogens (tertiary/aromatic N) is 7. The number of pyridine rings is 1. The molecule has 0 aliphatic rings. The van der Waals surface area contributed by atoms with Gasteiger partial charge in [-0.25, -0.2) is 4.98 Å². The third-order valence-electron chi connectivity index (χ3n) is 3.45. The van der Waals surface area contributed by atoms with Gasteiger partial charge in [0.15, 0.2) is 11.5 Å². The molecule has 0 radical (unpaired) electrons. The molecule has 0 atom stereocenters. The largest absolute Gasteiger partial charge is 0.342 e. The molecular formula is C14H13N7OS. The summed E-state index contributed by atoms with van der Waals surface area (Å²) in [5, 5.41) is 13.4. The Hall–Kier alpha value is -2.81. The summed E-state index contributed by atoms with van der Waals surface area (Å²) in [5.41, 5.74) is 1.32. The summed E-state index contributed by atoms with van der Waals surface area (Å²) in [6.45, 7) is 2.32. The van der Waals surface area contributed by atoms with E-state index in [0.29, 0.717) is 22.3 Å². The van der Waals surface area contributed by atoms with Crippen LogP contribution >= 0.6 is 11.3 Å². The molecule has 0 unspecified atom stereocenters. The fraction of sp³-hybridized carbons (Fsp3) is 0.214. The van der Waals surface area contributed by atoms with Crippen molar-refractivity contribution in [3.8, 4) is 0 Å². The number of anilines is 1. The average Bonchev–Trinajstić information content (AvgIpc) is 3.12. The van der Waals surface area contributed by atoms with Crippen LogP contribution in [0.2, 0.25) is 0 Å². The highest BCUT2D eigenvalue weighted by Gasteiger charge is 2.14. The van der Waals surface area contributed by atoms with Crippen LogP contribution in [0, 0.1) is 6.92 Å². The molecular weight excluding hydrogens is 314 g/mol. The summed E-state index contributed by atoms with van der Waals surface area (Å²) in [6.07, 6.45) is 1.92. The molecule has 0 aliphatic heterocycles. The molecule has 0 bridgehead atoms. The first-order chi connectivity index (χ1) is 11.1. The summed E-state index contributed by atoms with van der Waals surface area (Å²) in [5.74, 6) is 0.804. The molecule has 0 aromatic carbocycles. The molecule has 0 fully saturated rings. The van der Waals surface area contributed by atoms with Gasteiger partial charge in [0.1, 0.15) is 0 Å². The van der Waals surface area contributed by atoms with Crippen molar-refractivity contribution in [2.24, 2.45) is 0 Å². The predicted octanol–water partition coefficient (Wildman–Crippen LogP) is 1.14. The standard InChI is InChI=1S/C14H13N7OS/c1-9-7-12(22)21-13(15-9)23-14(18-21)19(2)8-11-17-16-10-5-3-4-6-20(10)11/h3-7H,8H2,1-2H3. The van der Waals surface area contributed by atoms with E-state index in [-0.39, 0.29) is 5.56 Å². The molecule has 4 aromatic rings. The van der Waals surface area contributed by atoms with Gasteiger partial charge in [-0.3, -0.25) is 9.20 Å². The second-order valence-electron chi connectivity index (χ2n) is 5.22. The van der Waals surface area contributed by atoms with Crippen LogP contribution in [0.3, 0.4) is 0 Å².